The van der Waals surface area contributed by atoms with Gasteiger partial charge in [-0.3, -0.25) is 14.2 Å². The number of thioether (sulfide) groups is 1. The number of hydrogen-bond acceptors (Lipinski definition) is 5. The molecule has 0 saturated carbocycles. The Kier molecular flexibility index (Phi) is 7.28. The molecule has 0 saturated heterocycles. The summed E-state index contributed by atoms with van der Waals surface area (Å²) >= 11 is 1.25. The van der Waals surface area contributed by atoms with Gasteiger partial charge in [0.25, 0.3) is 5.56 Å². The van der Waals surface area contributed by atoms with Crippen LogP contribution in [0.1, 0.15) is 22.9 Å². The molecule has 0 aliphatic rings. The second-order valence-corrected chi connectivity index (χ2v) is 9.33. The molecule has 1 amide bonds. The number of para-hydroxylation sites is 1. The van der Waals surface area contributed by atoms with Crippen LogP contribution in [0.2, 0.25) is 0 Å². The molecule has 1 unspecified atom stereocenters. The van der Waals surface area contributed by atoms with Gasteiger partial charge in [-0.1, -0.05) is 84.6 Å². The van der Waals surface area contributed by atoms with Gasteiger partial charge >= 0.3 is 0 Å². The number of rotatable bonds is 9. The fourth-order valence-electron chi connectivity index (χ4n) is 4.11. The van der Waals surface area contributed by atoms with Crippen molar-refractivity contribution in [3.05, 3.63) is 131 Å². The van der Waals surface area contributed by atoms with Crippen molar-refractivity contribution in [1.29, 1.82) is 0 Å². The smallest absolute Gasteiger partial charge is 0.262 e. The molecule has 180 valence electrons. The third kappa shape index (κ3) is 5.58. The second-order valence-electron chi connectivity index (χ2n) is 8.39. The first kappa shape index (κ1) is 23.6. The van der Waals surface area contributed by atoms with Gasteiger partial charge < -0.3 is 9.73 Å². The predicted octanol–water partition coefficient (Wildman–Crippen LogP) is 5.23. The Labute approximate surface area is 213 Å². The second kappa shape index (κ2) is 11.1. The van der Waals surface area contributed by atoms with E-state index in [1.807, 2.05) is 72.8 Å². The molecule has 0 bridgehead atoms. The molecule has 6 nitrogen and oxygen atoms in total. The zero-order valence-electron chi connectivity index (χ0n) is 19.5. The van der Waals surface area contributed by atoms with Crippen molar-refractivity contribution in [2.45, 2.75) is 24.2 Å². The monoisotopic (exact) mass is 495 g/mol. The van der Waals surface area contributed by atoms with Crippen molar-refractivity contribution in [1.82, 2.24) is 14.9 Å². The summed E-state index contributed by atoms with van der Waals surface area (Å²) in [6, 6.07) is 30.7. The lowest BCUT2D eigenvalue weighted by Crippen LogP contribution is -2.32. The molecular weight excluding hydrogens is 470 g/mol. The standard InChI is InChI=1S/C29H25N3O3S/c33-27(30-26(22-12-5-2-6-13-22)18-21-10-3-1-4-11-21)20-36-29-31-25-16-8-7-15-24(25)28(34)32(29)19-23-14-9-17-35-23/h1-17,26H,18-20H2,(H,30,33). The van der Waals surface area contributed by atoms with Crippen LogP contribution < -0.4 is 10.9 Å². The van der Waals surface area contributed by atoms with E-state index < -0.39 is 0 Å². The molecule has 1 N–H and O–H groups in total. The summed E-state index contributed by atoms with van der Waals surface area (Å²) in [6.45, 7) is 0.244. The number of nitrogens with zero attached hydrogens (tertiary/aromatic N) is 2. The molecule has 0 aliphatic heterocycles. The van der Waals surface area contributed by atoms with Crippen molar-refractivity contribution < 1.29 is 9.21 Å². The van der Waals surface area contributed by atoms with Gasteiger partial charge in [-0.15, -0.1) is 0 Å². The SMILES string of the molecule is O=C(CSc1nc2ccccc2c(=O)n1Cc1ccco1)NC(Cc1ccccc1)c1ccccc1. The fourth-order valence-corrected chi connectivity index (χ4v) is 4.92. The summed E-state index contributed by atoms with van der Waals surface area (Å²) in [5.74, 6) is 0.644. The first-order chi connectivity index (χ1) is 17.7. The highest BCUT2D eigenvalue weighted by Gasteiger charge is 2.18. The van der Waals surface area contributed by atoms with E-state index in [2.05, 4.69) is 17.4 Å². The highest BCUT2D eigenvalue weighted by atomic mass is 32.2. The van der Waals surface area contributed by atoms with Gasteiger partial charge in [0.15, 0.2) is 5.16 Å². The molecule has 0 aliphatic carbocycles. The molecule has 7 heteroatoms. The van der Waals surface area contributed by atoms with Crippen molar-refractivity contribution in [3.63, 3.8) is 0 Å². The number of carbonyl (C=O) groups is 1. The van der Waals surface area contributed by atoms with E-state index in [4.69, 9.17) is 9.40 Å². The van der Waals surface area contributed by atoms with E-state index in [9.17, 15) is 9.59 Å². The Balaban J connectivity index is 1.37. The summed E-state index contributed by atoms with van der Waals surface area (Å²) in [7, 11) is 0. The van der Waals surface area contributed by atoms with Crippen LogP contribution in [0.4, 0.5) is 0 Å². The summed E-state index contributed by atoms with van der Waals surface area (Å²) in [6.07, 6.45) is 2.25. The zero-order chi connectivity index (χ0) is 24.7. The summed E-state index contributed by atoms with van der Waals surface area (Å²) in [5.41, 5.74) is 2.62. The van der Waals surface area contributed by atoms with Crippen molar-refractivity contribution in [3.8, 4) is 0 Å². The lowest BCUT2D eigenvalue weighted by atomic mass is 9.99. The first-order valence-corrected chi connectivity index (χ1v) is 12.7. The normalized spacial score (nSPS) is 11.9. The number of hydrogen-bond donors (Lipinski definition) is 1. The van der Waals surface area contributed by atoms with E-state index in [1.165, 1.54) is 11.8 Å². The Bertz CT molecular complexity index is 1500. The number of benzene rings is 3. The van der Waals surface area contributed by atoms with Crippen LogP contribution in [0.15, 0.2) is 118 Å². The minimum absolute atomic E-state index is 0.126. The maximum Gasteiger partial charge on any atom is 0.262 e. The molecule has 0 spiro atoms. The first-order valence-electron chi connectivity index (χ1n) is 11.7. The molecule has 2 aromatic heterocycles. The van der Waals surface area contributed by atoms with E-state index >= 15 is 0 Å². The van der Waals surface area contributed by atoms with Gasteiger partial charge in [0.05, 0.1) is 35.5 Å². The van der Waals surface area contributed by atoms with E-state index in [-0.39, 0.29) is 29.8 Å². The molecular formula is C29H25N3O3S. The Morgan fingerprint density at radius 2 is 1.64 bits per heavy atom. The van der Waals surface area contributed by atoms with Crippen molar-refractivity contribution in [2.75, 3.05) is 5.75 Å². The summed E-state index contributed by atoms with van der Waals surface area (Å²) in [4.78, 5) is 31.1. The minimum Gasteiger partial charge on any atom is -0.467 e. The maximum absolute atomic E-state index is 13.3. The van der Waals surface area contributed by atoms with Crippen LogP contribution in [0.25, 0.3) is 10.9 Å². The highest BCUT2D eigenvalue weighted by molar-refractivity contribution is 7.99. The highest BCUT2D eigenvalue weighted by Crippen LogP contribution is 2.22. The van der Waals surface area contributed by atoms with Crippen LogP contribution in [-0.2, 0) is 17.8 Å². The van der Waals surface area contributed by atoms with Gasteiger partial charge in [-0.05, 0) is 41.8 Å². The third-order valence-electron chi connectivity index (χ3n) is 5.87. The van der Waals surface area contributed by atoms with Crippen molar-refractivity contribution in [2.24, 2.45) is 0 Å². The molecule has 36 heavy (non-hydrogen) atoms. The molecule has 0 fully saturated rings. The topological polar surface area (TPSA) is 77.1 Å². The zero-order valence-corrected chi connectivity index (χ0v) is 20.4. The van der Waals surface area contributed by atoms with Crippen LogP contribution >= 0.6 is 11.8 Å². The van der Waals surface area contributed by atoms with Crippen LogP contribution in [0.3, 0.4) is 0 Å². The maximum atomic E-state index is 13.3. The minimum atomic E-state index is -0.170. The third-order valence-corrected chi connectivity index (χ3v) is 6.85. The van der Waals surface area contributed by atoms with E-state index in [0.29, 0.717) is 28.2 Å². The molecule has 5 aromatic rings. The lowest BCUT2D eigenvalue weighted by Gasteiger charge is -2.20. The van der Waals surface area contributed by atoms with Gasteiger partial charge in [0.2, 0.25) is 5.91 Å². The number of nitrogens with one attached hydrogen (secondary N) is 1. The van der Waals surface area contributed by atoms with E-state index in [1.54, 1.807) is 23.0 Å². The fraction of sp³-hybridized carbons (Fsp3) is 0.138. The molecule has 3 aromatic carbocycles. The average molecular weight is 496 g/mol. The van der Waals surface area contributed by atoms with Gasteiger partial charge in [0.1, 0.15) is 5.76 Å². The number of fused-ring (bicyclic) bond motifs is 1. The molecule has 2 heterocycles. The number of aromatic nitrogens is 2. The Hall–Kier alpha value is -4.10. The molecule has 0 radical (unpaired) electrons. The molecule has 1 atom stereocenters. The quantitative estimate of drug-likeness (QED) is 0.224. The Morgan fingerprint density at radius 1 is 0.917 bits per heavy atom. The number of furan rings is 1. The van der Waals surface area contributed by atoms with Gasteiger partial charge in [0, 0.05) is 0 Å². The number of amides is 1. The van der Waals surface area contributed by atoms with Crippen molar-refractivity contribution >= 4 is 28.6 Å². The van der Waals surface area contributed by atoms with Crippen LogP contribution in [0.5, 0.6) is 0 Å². The largest absolute Gasteiger partial charge is 0.467 e. The summed E-state index contributed by atoms with van der Waals surface area (Å²) in [5, 5.41) is 4.18. The van der Waals surface area contributed by atoms with Gasteiger partial charge in [-0.25, -0.2) is 4.98 Å². The van der Waals surface area contributed by atoms with E-state index in [0.717, 1.165) is 11.1 Å². The average Bonchev–Trinajstić information content (AvgIpc) is 3.43. The Morgan fingerprint density at radius 3 is 2.39 bits per heavy atom. The predicted molar refractivity (Wildman–Crippen MR) is 142 cm³/mol. The molecule has 5 rings (SSSR count). The van der Waals surface area contributed by atoms with Gasteiger partial charge in [-0.2, -0.15) is 0 Å². The van der Waals surface area contributed by atoms with Crippen LogP contribution in [0, 0.1) is 0 Å². The van der Waals surface area contributed by atoms with Crippen LogP contribution in [-0.4, -0.2) is 21.2 Å². The number of carbonyl (C=O) groups excluding carboxylic acids is 1. The summed E-state index contributed by atoms with van der Waals surface area (Å²) < 4.78 is 7.03. The lowest BCUT2D eigenvalue weighted by molar-refractivity contribution is -0.119.